The average Bonchev–Trinajstić information content (AvgIpc) is 2.40. The first-order valence-corrected chi connectivity index (χ1v) is 6.50. The summed E-state index contributed by atoms with van der Waals surface area (Å²) in [5.74, 6) is -0.654. The van der Waals surface area contributed by atoms with Gasteiger partial charge in [0.15, 0.2) is 0 Å². The number of hydrogen-bond acceptors (Lipinski definition) is 3. The molecule has 4 nitrogen and oxygen atoms in total. The molecule has 20 heavy (non-hydrogen) atoms. The molecule has 0 spiro atoms. The first-order chi connectivity index (χ1) is 9.08. The summed E-state index contributed by atoms with van der Waals surface area (Å²) < 4.78 is 19.4. The molecule has 0 unspecified atom stereocenters. The van der Waals surface area contributed by atoms with Crippen LogP contribution in [0.15, 0.2) is 12.1 Å². The van der Waals surface area contributed by atoms with Crippen molar-refractivity contribution in [2.24, 2.45) is 0 Å². The topological polar surface area (TPSA) is 50.4 Å². The minimum atomic E-state index is -0.332. The van der Waals surface area contributed by atoms with Gasteiger partial charge in [0.05, 0.1) is 11.8 Å². The van der Waals surface area contributed by atoms with Crippen LogP contribution in [0, 0.1) is 5.82 Å². The van der Waals surface area contributed by atoms with Gasteiger partial charge in [-0.15, -0.1) is 12.4 Å². The van der Waals surface area contributed by atoms with Crippen molar-refractivity contribution in [1.82, 2.24) is 5.32 Å². The summed E-state index contributed by atoms with van der Waals surface area (Å²) in [4.78, 5) is 11.6. The van der Waals surface area contributed by atoms with Gasteiger partial charge in [0, 0.05) is 6.54 Å². The number of amides is 1. The Kier molecular flexibility index (Phi) is 6.39. The molecule has 1 aliphatic heterocycles. The fourth-order valence-electron chi connectivity index (χ4n) is 2.06. The largest absolute Gasteiger partial charge is 0.369 e. The SMILES string of the molecule is CC(C)OCC(=O)Nc1ccc2c(c1F)CCNC2.Cl. The lowest BCUT2D eigenvalue weighted by Crippen LogP contribution is -2.26. The summed E-state index contributed by atoms with van der Waals surface area (Å²) >= 11 is 0. The number of carbonyl (C=O) groups is 1. The molecule has 0 aromatic heterocycles. The summed E-state index contributed by atoms with van der Waals surface area (Å²) in [7, 11) is 0. The van der Waals surface area contributed by atoms with Gasteiger partial charge in [-0.2, -0.15) is 0 Å². The van der Waals surface area contributed by atoms with Crippen LogP contribution in [0.25, 0.3) is 0 Å². The van der Waals surface area contributed by atoms with E-state index >= 15 is 0 Å². The third-order valence-corrected chi connectivity index (χ3v) is 3.03. The number of fused-ring (bicyclic) bond motifs is 1. The molecule has 0 saturated heterocycles. The highest BCUT2D eigenvalue weighted by atomic mass is 35.5. The van der Waals surface area contributed by atoms with E-state index in [-0.39, 0.29) is 42.5 Å². The Balaban J connectivity index is 0.00000200. The molecular formula is C14H20ClFN2O2. The van der Waals surface area contributed by atoms with Crippen molar-refractivity contribution in [2.45, 2.75) is 32.9 Å². The molecule has 0 bridgehead atoms. The minimum Gasteiger partial charge on any atom is -0.369 e. The van der Waals surface area contributed by atoms with E-state index in [2.05, 4.69) is 10.6 Å². The van der Waals surface area contributed by atoms with E-state index < -0.39 is 0 Å². The molecule has 1 aliphatic rings. The number of ether oxygens (including phenoxy) is 1. The van der Waals surface area contributed by atoms with Crippen LogP contribution in [0.1, 0.15) is 25.0 Å². The average molecular weight is 303 g/mol. The Morgan fingerprint density at radius 1 is 1.50 bits per heavy atom. The first kappa shape index (κ1) is 16.9. The molecular weight excluding hydrogens is 283 g/mol. The van der Waals surface area contributed by atoms with Crippen molar-refractivity contribution in [3.8, 4) is 0 Å². The van der Waals surface area contributed by atoms with Gasteiger partial charge in [-0.1, -0.05) is 6.07 Å². The lowest BCUT2D eigenvalue weighted by molar-refractivity contribution is -0.121. The first-order valence-electron chi connectivity index (χ1n) is 6.50. The van der Waals surface area contributed by atoms with E-state index in [1.807, 2.05) is 19.9 Å². The molecule has 0 atom stereocenters. The molecule has 1 aromatic carbocycles. The third kappa shape index (κ3) is 4.16. The van der Waals surface area contributed by atoms with Crippen LogP contribution in [0.3, 0.4) is 0 Å². The van der Waals surface area contributed by atoms with E-state index in [1.165, 1.54) is 0 Å². The molecule has 0 aliphatic carbocycles. The normalized spacial score (nSPS) is 13.6. The number of halogens is 2. The van der Waals surface area contributed by atoms with Crippen LogP contribution in [0.2, 0.25) is 0 Å². The standard InChI is InChI=1S/C14H19FN2O2.ClH/c1-9(2)19-8-13(18)17-12-4-3-10-7-16-6-5-11(10)14(12)15;/h3-4,9,16H,5-8H2,1-2H3,(H,17,18);1H. The van der Waals surface area contributed by atoms with Crippen molar-refractivity contribution in [3.05, 3.63) is 29.1 Å². The molecule has 2 rings (SSSR count). The summed E-state index contributed by atoms with van der Waals surface area (Å²) in [6.45, 7) is 5.07. The Bertz CT molecular complexity index is 480. The zero-order valence-electron chi connectivity index (χ0n) is 11.7. The zero-order chi connectivity index (χ0) is 13.8. The molecule has 112 valence electrons. The molecule has 0 fully saturated rings. The summed E-state index contributed by atoms with van der Waals surface area (Å²) in [5.41, 5.74) is 1.89. The Hall–Kier alpha value is -1.17. The fourth-order valence-corrected chi connectivity index (χ4v) is 2.06. The molecule has 0 radical (unpaired) electrons. The van der Waals surface area contributed by atoms with Gasteiger partial charge in [0.25, 0.3) is 0 Å². The number of carbonyl (C=O) groups excluding carboxylic acids is 1. The maximum atomic E-state index is 14.2. The van der Waals surface area contributed by atoms with Crippen molar-refractivity contribution in [3.63, 3.8) is 0 Å². The Labute approximate surface area is 124 Å². The van der Waals surface area contributed by atoms with Gasteiger partial charge in [-0.05, 0) is 44.0 Å². The monoisotopic (exact) mass is 302 g/mol. The van der Waals surface area contributed by atoms with Crippen LogP contribution in [-0.2, 0) is 22.5 Å². The number of hydrogen-bond donors (Lipinski definition) is 2. The van der Waals surface area contributed by atoms with E-state index in [9.17, 15) is 9.18 Å². The van der Waals surface area contributed by atoms with Gasteiger partial charge < -0.3 is 15.4 Å². The summed E-state index contributed by atoms with van der Waals surface area (Å²) in [6.07, 6.45) is 0.623. The Morgan fingerprint density at radius 3 is 2.95 bits per heavy atom. The highest BCUT2D eigenvalue weighted by Gasteiger charge is 2.17. The van der Waals surface area contributed by atoms with Gasteiger partial charge >= 0.3 is 0 Å². The highest BCUT2D eigenvalue weighted by molar-refractivity contribution is 5.92. The predicted molar refractivity (Wildman–Crippen MR) is 78.8 cm³/mol. The van der Waals surface area contributed by atoms with E-state index in [0.717, 1.165) is 12.1 Å². The number of benzene rings is 1. The van der Waals surface area contributed by atoms with Crippen molar-refractivity contribution >= 4 is 24.0 Å². The fraction of sp³-hybridized carbons (Fsp3) is 0.500. The lowest BCUT2D eigenvalue weighted by atomic mass is 9.99. The van der Waals surface area contributed by atoms with Gasteiger partial charge in [-0.25, -0.2) is 4.39 Å². The van der Waals surface area contributed by atoms with Crippen molar-refractivity contribution in [2.75, 3.05) is 18.5 Å². The Morgan fingerprint density at radius 2 is 2.25 bits per heavy atom. The number of nitrogens with one attached hydrogen (secondary N) is 2. The van der Waals surface area contributed by atoms with E-state index in [0.29, 0.717) is 18.5 Å². The van der Waals surface area contributed by atoms with Crippen LogP contribution in [0.4, 0.5) is 10.1 Å². The second-order valence-corrected chi connectivity index (χ2v) is 4.90. The van der Waals surface area contributed by atoms with Crippen molar-refractivity contribution in [1.29, 1.82) is 0 Å². The van der Waals surface area contributed by atoms with Crippen LogP contribution < -0.4 is 10.6 Å². The van der Waals surface area contributed by atoms with Crippen molar-refractivity contribution < 1.29 is 13.9 Å². The number of anilines is 1. The molecule has 6 heteroatoms. The third-order valence-electron chi connectivity index (χ3n) is 3.03. The second-order valence-electron chi connectivity index (χ2n) is 4.90. The zero-order valence-corrected chi connectivity index (χ0v) is 12.5. The van der Waals surface area contributed by atoms with E-state index in [4.69, 9.17) is 4.74 Å². The molecule has 1 amide bonds. The molecule has 1 aromatic rings. The van der Waals surface area contributed by atoms with Crippen LogP contribution in [-0.4, -0.2) is 25.2 Å². The molecule has 0 saturated carbocycles. The second kappa shape index (κ2) is 7.57. The number of rotatable bonds is 4. The van der Waals surface area contributed by atoms with E-state index in [1.54, 1.807) is 6.07 Å². The summed E-state index contributed by atoms with van der Waals surface area (Å²) in [6, 6.07) is 3.46. The summed E-state index contributed by atoms with van der Waals surface area (Å²) in [5, 5.41) is 5.74. The maximum absolute atomic E-state index is 14.2. The van der Waals surface area contributed by atoms with Crippen LogP contribution >= 0.6 is 12.4 Å². The smallest absolute Gasteiger partial charge is 0.250 e. The minimum absolute atomic E-state index is 0. The van der Waals surface area contributed by atoms with Gasteiger partial charge in [0.2, 0.25) is 5.91 Å². The molecule has 2 N–H and O–H groups in total. The highest BCUT2D eigenvalue weighted by Crippen LogP contribution is 2.24. The predicted octanol–water partition coefficient (Wildman–Crippen LogP) is 2.26. The van der Waals surface area contributed by atoms with Gasteiger partial charge in [0.1, 0.15) is 12.4 Å². The van der Waals surface area contributed by atoms with Crippen LogP contribution in [0.5, 0.6) is 0 Å². The maximum Gasteiger partial charge on any atom is 0.250 e. The molecule has 1 heterocycles. The quantitative estimate of drug-likeness (QED) is 0.897. The van der Waals surface area contributed by atoms with Gasteiger partial charge in [-0.3, -0.25) is 4.79 Å². The lowest BCUT2D eigenvalue weighted by Gasteiger charge is -2.19.